The number of hydrogen-bond donors (Lipinski definition) is 2. The minimum Gasteiger partial charge on any atom is -0.384 e. The summed E-state index contributed by atoms with van der Waals surface area (Å²) in [5.74, 6) is -0.378. The Kier molecular flexibility index (Phi) is 6.23. The Morgan fingerprint density at radius 3 is 2.79 bits per heavy atom. The van der Waals surface area contributed by atoms with Gasteiger partial charge in [-0.05, 0) is 36.2 Å². The van der Waals surface area contributed by atoms with Gasteiger partial charge in [-0.3, -0.25) is 9.78 Å². The van der Waals surface area contributed by atoms with Crippen LogP contribution in [0.15, 0.2) is 48.8 Å². The summed E-state index contributed by atoms with van der Waals surface area (Å²) in [7, 11) is -3.59. The van der Waals surface area contributed by atoms with Gasteiger partial charge in [-0.25, -0.2) is 13.1 Å². The molecular formula is C19H21N5O3S. The molecule has 0 saturated carbocycles. The van der Waals surface area contributed by atoms with E-state index in [0.29, 0.717) is 25.1 Å². The van der Waals surface area contributed by atoms with E-state index in [9.17, 15) is 13.2 Å². The Bertz CT molecular complexity index is 973. The van der Waals surface area contributed by atoms with Crippen molar-refractivity contribution in [3.63, 3.8) is 0 Å². The van der Waals surface area contributed by atoms with Gasteiger partial charge < -0.3 is 10.2 Å². The highest BCUT2D eigenvalue weighted by molar-refractivity contribution is 7.89. The molecular weight excluding hydrogens is 378 g/mol. The number of anilines is 1. The highest BCUT2D eigenvalue weighted by Crippen LogP contribution is 2.16. The first-order valence-corrected chi connectivity index (χ1v) is 10.5. The normalized spacial score (nSPS) is 16.8. The summed E-state index contributed by atoms with van der Waals surface area (Å²) >= 11 is 0. The smallest absolute Gasteiger partial charge is 0.241 e. The Labute approximate surface area is 164 Å². The fourth-order valence-electron chi connectivity index (χ4n) is 3.04. The molecule has 0 spiro atoms. The van der Waals surface area contributed by atoms with Gasteiger partial charge in [0.2, 0.25) is 15.9 Å². The molecule has 2 aromatic rings. The molecule has 1 aliphatic heterocycles. The van der Waals surface area contributed by atoms with Crippen molar-refractivity contribution in [2.24, 2.45) is 0 Å². The Morgan fingerprint density at radius 1 is 1.25 bits per heavy atom. The van der Waals surface area contributed by atoms with Crippen molar-refractivity contribution in [2.75, 3.05) is 24.2 Å². The summed E-state index contributed by atoms with van der Waals surface area (Å²) in [6.45, 7) is 1.05. The Balaban J connectivity index is 1.51. The minimum absolute atomic E-state index is 0.136. The topological polar surface area (TPSA) is 115 Å². The molecule has 1 aliphatic rings. The molecule has 0 unspecified atom stereocenters. The maximum Gasteiger partial charge on any atom is 0.241 e. The van der Waals surface area contributed by atoms with Gasteiger partial charge in [0, 0.05) is 37.7 Å². The number of carbonyl (C=O) groups is 1. The van der Waals surface area contributed by atoms with Gasteiger partial charge in [-0.2, -0.15) is 5.26 Å². The molecule has 1 atom stereocenters. The van der Waals surface area contributed by atoms with Crippen LogP contribution >= 0.6 is 0 Å². The number of carbonyl (C=O) groups excluding carboxylic acids is 1. The minimum atomic E-state index is -3.59. The summed E-state index contributed by atoms with van der Waals surface area (Å²) < 4.78 is 27.1. The molecule has 8 nitrogen and oxygen atoms in total. The summed E-state index contributed by atoms with van der Waals surface area (Å²) in [6.07, 6.45) is 3.66. The molecule has 2 heterocycles. The van der Waals surface area contributed by atoms with E-state index in [4.69, 9.17) is 5.26 Å². The van der Waals surface area contributed by atoms with Crippen LogP contribution in [0.1, 0.15) is 17.5 Å². The molecule has 0 bridgehead atoms. The van der Waals surface area contributed by atoms with Gasteiger partial charge in [-0.1, -0.05) is 12.1 Å². The lowest BCUT2D eigenvalue weighted by atomic mass is 10.1. The Morgan fingerprint density at radius 2 is 2.04 bits per heavy atom. The molecule has 2 N–H and O–H groups in total. The van der Waals surface area contributed by atoms with Gasteiger partial charge >= 0.3 is 0 Å². The van der Waals surface area contributed by atoms with Crippen LogP contribution in [0.3, 0.4) is 0 Å². The number of benzene rings is 1. The SMILES string of the molecule is N#Cc1cccc(CN2CC[C@H](NS(=O)(=O)CCNc3ccncc3)C2=O)c1. The first kappa shape index (κ1) is 19.8. The van der Waals surface area contributed by atoms with Crippen LogP contribution in [0.2, 0.25) is 0 Å². The van der Waals surface area contributed by atoms with Crippen molar-refractivity contribution in [3.8, 4) is 6.07 Å². The molecule has 9 heteroatoms. The number of sulfonamides is 1. The predicted molar refractivity (Wildman–Crippen MR) is 105 cm³/mol. The third-order valence-corrected chi connectivity index (χ3v) is 5.81. The van der Waals surface area contributed by atoms with E-state index >= 15 is 0 Å². The molecule has 1 saturated heterocycles. The summed E-state index contributed by atoms with van der Waals surface area (Å²) in [5.41, 5.74) is 2.16. The standard InChI is InChI=1S/C19H21N5O3S/c20-13-15-2-1-3-16(12-15)14-24-10-6-18(19(24)25)23-28(26,27)11-9-22-17-4-7-21-8-5-17/h1-5,7-8,12,18,23H,6,9-11,14H2,(H,21,22)/t18-/m0/s1. The molecule has 28 heavy (non-hydrogen) atoms. The molecule has 0 radical (unpaired) electrons. The van der Waals surface area contributed by atoms with Crippen LogP contribution in [-0.4, -0.2) is 49.1 Å². The van der Waals surface area contributed by atoms with Crippen LogP contribution < -0.4 is 10.0 Å². The van der Waals surface area contributed by atoms with Crippen molar-refractivity contribution in [2.45, 2.75) is 19.0 Å². The van der Waals surface area contributed by atoms with E-state index in [1.165, 1.54) is 0 Å². The first-order chi connectivity index (χ1) is 13.5. The fourth-order valence-corrected chi connectivity index (χ4v) is 4.18. The summed E-state index contributed by atoms with van der Waals surface area (Å²) in [5, 5.41) is 12.0. The second-order valence-corrected chi connectivity index (χ2v) is 8.39. The monoisotopic (exact) mass is 399 g/mol. The number of pyridine rings is 1. The molecule has 1 aromatic carbocycles. The summed E-state index contributed by atoms with van der Waals surface area (Å²) in [4.78, 5) is 18.1. The zero-order valence-corrected chi connectivity index (χ0v) is 16.0. The lowest BCUT2D eigenvalue weighted by Crippen LogP contribution is -2.43. The lowest BCUT2D eigenvalue weighted by Gasteiger charge is -2.17. The van der Waals surface area contributed by atoms with E-state index < -0.39 is 16.1 Å². The molecule has 1 amide bonds. The second kappa shape index (κ2) is 8.82. The van der Waals surface area contributed by atoms with E-state index in [1.54, 1.807) is 47.6 Å². The van der Waals surface area contributed by atoms with Crippen LogP contribution in [-0.2, 0) is 21.4 Å². The third kappa shape index (κ3) is 5.28. The van der Waals surface area contributed by atoms with Crippen molar-refractivity contribution in [1.29, 1.82) is 5.26 Å². The van der Waals surface area contributed by atoms with E-state index in [0.717, 1.165) is 11.3 Å². The second-order valence-electron chi connectivity index (χ2n) is 6.51. The van der Waals surface area contributed by atoms with Gasteiger partial charge in [-0.15, -0.1) is 0 Å². The van der Waals surface area contributed by atoms with Crippen molar-refractivity contribution < 1.29 is 13.2 Å². The molecule has 1 aromatic heterocycles. The Hall–Kier alpha value is -2.96. The number of nitrogens with one attached hydrogen (secondary N) is 2. The van der Waals surface area contributed by atoms with E-state index in [1.807, 2.05) is 6.07 Å². The highest BCUT2D eigenvalue weighted by atomic mass is 32.2. The number of nitriles is 1. The maximum absolute atomic E-state index is 12.5. The zero-order chi connectivity index (χ0) is 20.0. The molecule has 146 valence electrons. The highest BCUT2D eigenvalue weighted by Gasteiger charge is 2.34. The van der Waals surface area contributed by atoms with E-state index in [-0.39, 0.29) is 18.2 Å². The number of amides is 1. The van der Waals surface area contributed by atoms with Crippen LogP contribution in [0.25, 0.3) is 0 Å². The average molecular weight is 399 g/mol. The maximum atomic E-state index is 12.5. The number of rotatable bonds is 8. The van der Waals surface area contributed by atoms with Crippen molar-refractivity contribution >= 4 is 21.6 Å². The number of nitrogens with zero attached hydrogens (tertiary/aromatic N) is 3. The zero-order valence-electron chi connectivity index (χ0n) is 15.2. The predicted octanol–water partition coefficient (Wildman–Crippen LogP) is 1.09. The van der Waals surface area contributed by atoms with Gasteiger partial charge in [0.15, 0.2) is 0 Å². The van der Waals surface area contributed by atoms with Crippen LogP contribution in [0.4, 0.5) is 5.69 Å². The van der Waals surface area contributed by atoms with Gasteiger partial charge in [0.05, 0.1) is 17.4 Å². The van der Waals surface area contributed by atoms with Crippen molar-refractivity contribution in [3.05, 3.63) is 59.9 Å². The molecule has 3 rings (SSSR count). The van der Waals surface area contributed by atoms with E-state index in [2.05, 4.69) is 21.1 Å². The number of aromatic nitrogens is 1. The number of likely N-dealkylation sites (tertiary alicyclic amines) is 1. The fraction of sp³-hybridized carbons (Fsp3) is 0.316. The average Bonchev–Trinajstić information content (AvgIpc) is 3.02. The van der Waals surface area contributed by atoms with Crippen LogP contribution in [0.5, 0.6) is 0 Å². The summed E-state index contributed by atoms with van der Waals surface area (Å²) in [6, 6.07) is 11.9. The van der Waals surface area contributed by atoms with Gasteiger partial charge in [0.25, 0.3) is 0 Å². The largest absolute Gasteiger partial charge is 0.384 e. The lowest BCUT2D eigenvalue weighted by molar-refractivity contribution is -0.129. The first-order valence-electron chi connectivity index (χ1n) is 8.88. The molecule has 0 aliphatic carbocycles. The van der Waals surface area contributed by atoms with Crippen molar-refractivity contribution in [1.82, 2.24) is 14.6 Å². The molecule has 1 fully saturated rings. The quantitative estimate of drug-likeness (QED) is 0.686. The third-order valence-electron chi connectivity index (χ3n) is 4.43. The van der Waals surface area contributed by atoms with Crippen LogP contribution in [0, 0.1) is 11.3 Å². The van der Waals surface area contributed by atoms with Gasteiger partial charge in [0.1, 0.15) is 6.04 Å². The number of hydrogen-bond acceptors (Lipinski definition) is 6.